The molecule has 43 heavy (non-hydrogen) atoms. The van der Waals surface area contributed by atoms with Crippen LogP contribution in [0, 0.1) is 11.8 Å². The number of allylic oxidation sites excluding steroid dienone is 3. The Labute approximate surface area is 255 Å². The molecule has 0 aromatic rings. The van der Waals surface area contributed by atoms with Crippen molar-refractivity contribution in [1.82, 2.24) is 15.5 Å². The summed E-state index contributed by atoms with van der Waals surface area (Å²) < 4.78 is 16.9. The van der Waals surface area contributed by atoms with E-state index in [0.717, 1.165) is 5.57 Å². The van der Waals surface area contributed by atoms with Crippen molar-refractivity contribution in [3.63, 3.8) is 0 Å². The Morgan fingerprint density at radius 2 is 1.81 bits per heavy atom. The highest BCUT2D eigenvalue weighted by molar-refractivity contribution is 6.07. The highest BCUT2D eigenvalue weighted by Crippen LogP contribution is 2.30. The summed E-state index contributed by atoms with van der Waals surface area (Å²) in [4.78, 5) is 28.3. The van der Waals surface area contributed by atoms with Crippen LogP contribution in [0.3, 0.4) is 0 Å². The maximum absolute atomic E-state index is 13.3. The number of carbonyl (C=O) groups is 2. The molecule has 0 spiro atoms. The molecule has 0 saturated heterocycles. The Morgan fingerprint density at radius 3 is 2.42 bits per heavy atom. The number of hydrogen-bond acceptors (Lipinski definition) is 10. The Morgan fingerprint density at radius 1 is 1.12 bits per heavy atom. The smallest absolute Gasteiger partial charge is 0.251 e. The minimum Gasteiger partial charge on any atom is -0.390 e. The van der Waals surface area contributed by atoms with Gasteiger partial charge in [-0.05, 0) is 57.8 Å². The zero-order valence-electron chi connectivity index (χ0n) is 26.8. The maximum Gasteiger partial charge on any atom is 0.251 e. The zero-order valence-corrected chi connectivity index (χ0v) is 26.8. The largest absolute Gasteiger partial charge is 0.390 e. The van der Waals surface area contributed by atoms with Crippen molar-refractivity contribution in [2.45, 2.75) is 71.1 Å². The molecule has 5 N–H and O–H groups in total. The fourth-order valence-electron chi connectivity index (χ4n) is 5.36. The van der Waals surface area contributed by atoms with Crippen LogP contribution in [0.4, 0.5) is 0 Å². The summed E-state index contributed by atoms with van der Waals surface area (Å²) in [7, 11) is 6.91. The number of ketones is 1. The van der Waals surface area contributed by atoms with E-state index in [2.05, 4.69) is 10.6 Å². The number of ether oxygens (including phenoxy) is 3. The van der Waals surface area contributed by atoms with Gasteiger partial charge in [0.25, 0.3) is 5.91 Å². The number of rotatable bonds is 8. The maximum atomic E-state index is 13.3. The molecule has 0 aromatic carbocycles. The first kappa shape index (κ1) is 36.6. The second kappa shape index (κ2) is 17.6. The van der Waals surface area contributed by atoms with Crippen LogP contribution in [0.25, 0.3) is 0 Å². The van der Waals surface area contributed by atoms with Crippen LogP contribution in [-0.4, -0.2) is 111 Å². The molecule has 11 nitrogen and oxygen atoms in total. The molecule has 1 amide bonds. The third-order valence-electron chi connectivity index (χ3n) is 7.83. The summed E-state index contributed by atoms with van der Waals surface area (Å²) >= 11 is 0. The summed E-state index contributed by atoms with van der Waals surface area (Å²) in [5, 5.41) is 38.2. The molecule has 1 aliphatic heterocycles. The lowest BCUT2D eigenvalue weighted by Crippen LogP contribution is -2.40. The molecular formula is C32H51N3O8. The highest BCUT2D eigenvalue weighted by Gasteiger charge is 2.33. The zero-order chi connectivity index (χ0) is 32.3. The summed E-state index contributed by atoms with van der Waals surface area (Å²) in [6, 6.07) is 0. The summed E-state index contributed by atoms with van der Waals surface area (Å²) in [6.07, 6.45) is 4.96. The Balaban J connectivity index is 2.57. The van der Waals surface area contributed by atoms with Gasteiger partial charge in [-0.15, -0.1) is 0 Å². The summed E-state index contributed by atoms with van der Waals surface area (Å²) in [5.41, 5.74) is 1.99. The first-order chi connectivity index (χ1) is 20.3. The van der Waals surface area contributed by atoms with E-state index in [-0.39, 0.29) is 23.3 Å². The van der Waals surface area contributed by atoms with Crippen LogP contribution in [0.1, 0.15) is 40.5 Å². The van der Waals surface area contributed by atoms with Gasteiger partial charge < -0.3 is 45.1 Å². The van der Waals surface area contributed by atoms with Gasteiger partial charge in [-0.25, -0.2) is 0 Å². The second-order valence-corrected chi connectivity index (χ2v) is 11.7. The van der Waals surface area contributed by atoms with Gasteiger partial charge in [0.2, 0.25) is 5.78 Å². The van der Waals surface area contributed by atoms with E-state index in [1.165, 1.54) is 13.2 Å². The third-order valence-corrected chi connectivity index (χ3v) is 7.83. The number of methoxy groups -OCH3 is 2. The van der Waals surface area contributed by atoms with Gasteiger partial charge in [-0.2, -0.15) is 0 Å². The molecule has 0 saturated carbocycles. The predicted molar refractivity (Wildman–Crippen MR) is 165 cm³/mol. The fraction of sp³-hybridized carbons (Fsp3) is 0.625. The quantitative estimate of drug-likeness (QED) is 0.204. The van der Waals surface area contributed by atoms with E-state index in [4.69, 9.17) is 14.2 Å². The average molecular weight is 606 g/mol. The number of amides is 1. The first-order valence-corrected chi connectivity index (χ1v) is 14.7. The van der Waals surface area contributed by atoms with Crippen molar-refractivity contribution in [2.75, 3.05) is 48.2 Å². The summed E-state index contributed by atoms with van der Waals surface area (Å²) in [6.45, 7) is 7.95. The third kappa shape index (κ3) is 10.5. The molecule has 1 aliphatic carbocycles. The number of aliphatic hydroxyl groups excluding tert-OH is 3. The molecule has 2 rings (SSSR count). The number of likely N-dealkylation sites (N-methyl/N-ethyl adjacent to an activating group) is 1. The minimum absolute atomic E-state index is 0.105. The topological polar surface area (TPSA) is 150 Å². The Hall–Kier alpha value is -2.64. The highest BCUT2D eigenvalue weighted by atomic mass is 16.6. The van der Waals surface area contributed by atoms with Gasteiger partial charge in [0.15, 0.2) is 0 Å². The van der Waals surface area contributed by atoms with Gasteiger partial charge >= 0.3 is 0 Å². The average Bonchev–Trinajstić information content (AvgIpc) is 2.95. The number of hydrogen-bond donors (Lipinski definition) is 5. The lowest BCUT2D eigenvalue weighted by atomic mass is 9.84. The summed E-state index contributed by atoms with van der Waals surface area (Å²) in [5.74, 6) is -1.24. The molecule has 0 radical (unpaired) electrons. The Kier molecular flexibility index (Phi) is 15.0. The van der Waals surface area contributed by atoms with Crippen LogP contribution < -0.4 is 10.6 Å². The van der Waals surface area contributed by atoms with E-state index in [9.17, 15) is 24.9 Å². The van der Waals surface area contributed by atoms with Crippen LogP contribution in [-0.2, 0) is 23.8 Å². The van der Waals surface area contributed by atoms with E-state index in [1.54, 1.807) is 32.3 Å². The number of fused-ring (bicyclic) bond motifs is 2. The molecule has 2 bridgehead atoms. The molecular weight excluding hydrogens is 554 g/mol. The molecule has 7 atom stereocenters. The number of nitrogens with zero attached hydrogens (tertiary/aromatic N) is 1. The molecule has 1 unspecified atom stereocenters. The first-order valence-electron chi connectivity index (χ1n) is 14.7. The van der Waals surface area contributed by atoms with Crippen LogP contribution in [0.15, 0.2) is 58.5 Å². The van der Waals surface area contributed by atoms with E-state index in [1.807, 2.05) is 45.8 Å². The van der Waals surface area contributed by atoms with Crippen molar-refractivity contribution in [3.8, 4) is 0 Å². The minimum atomic E-state index is -1.21. The molecule has 1 heterocycles. The second-order valence-electron chi connectivity index (χ2n) is 11.7. The van der Waals surface area contributed by atoms with Gasteiger partial charge in [0.05, 0.1) is 23.6 Å². The SMILES string of the molecule is CO[C@H]1/C=C\C=C(/C)C(=O)NC2=CC(=O)C(NCCN(C)C)=C(C[C@@H](C)C[C@H](OC)[C@H](O)[C@@H](C)/C=C(\C)[C@@H]1OCO)C2O. The van der Waals surface area contributed by atoms with Crippen molar-refractivity contribution in [1.29, 1.82) is 0 Å². The van der Waals surface area contributed by atoms with Crippen molar-refractivity contribution in [3.05, 3.63) is 58.5 Å². The number of aliphatic hydroxyl groups is 3. The van der Waals surface area contributed by atoms with Gasteiger partial charge in [-0.3, -0.25) is 9.59 Å². The molecule has 11 heteroatoms. The molecule has 0 aromatic heterocycles. The Bertz CT molecular complexity index is 1110. The van der Waals surface area contributed by atoms with E-state index < -0.39 is 43.2 Å². The van der Waals surface area contributed by atoms with Crippen LogP contribution >= 0.6 is 0 Å². The number of carbonyl (C=O) groups excluding carboxylic acids is 2. The van der Waals surface area contributed by atoms with E-state index in [0.29, 0.717) is 42.8 Å². The van der Waals surface area contributed by atoms with Crippen molar-refractivity contribution < 1.29 is 39.1 Å². The molecule has 0 fully saturated rings. The lowest BCUT2D eigenvalue weighted by molar-refractivity contribution is -0.117. The van der Waals surface area contributed by atoms with Crippen LogP contribution in [0.2, 0.25) is 0 Å². The molecule has 2 aliphatic rings. The number of nitrogens with one attached hydrogen (secondary N) is 2. The fourth-order valence-corrected chi connectivity index (χ4v) is 5.36. The monoisotopic (exact) mass is 605 g/mol. The van der Waals surface area contributed by atoms with Gasteiger partial charge in [0.1, 0.15) is 25.1 Å². The predicted octanol–water partition coefficient (Wildman–Crippen LogP) is 1.58. The normalized spacial score (nSPS) is 33.3. The van der Waals surface area contributed by atoms with Crippen LogP contribution in [0.5, 0.6) is 0 Å². The lowest BCUT2D eigenvalue weighted by Gasteiger charge is -2.31. The van der Waals surface area contributed by atoms with Crippen molar-refractivity contribution in [2.24, 2.45) is 11.8 Å². The standard InChI is InChI=1S/C32H51N3O8/c1-19-14-23-28(33-12-13-35(5)6)25(37)17-24(30(23)39)34-32(40)20(2)10-9-11-26(41-7)31(43-18-36)22(4)16-21(3)29(38)27(15-19)42-8/h9-11,16-17,19,21,26-27,29-31,33,36,38-39H,12-15,18H2,1-8H3,(H,34,40)/b11-9-,20-10+,22-16+/t19-,21+,26+,27+,29-,30?,31+/m1/s1. The van der Waals surface area contributed by atoms with E-state index >= 15 is 0 Å². The molecule has 242 valence electrons. The van der Waals surface area contributed by atoms with Gasteiger partial charge in [0, 0.05) is 44.9 Å². The van der Waals surface area contributed by atoms with Crippen molar-refractivity contribution >= 4 is 11.7 Å². The van der Waals surface area contributed by atoms with Gasteiger partial charge in [-0.1, -0.05) is 38.2 Å².